The van der Waals surface area contributed by atoms with Gasteiger partial charge in [0.25, 0.3) is 0 Å². The molecule has 0 spiro atoms. The third-order valence-electron chi connectivity index (χ3n) is 5.54. The Kier molecular flexibility index (Phi) is 5.81. The Morgan fingerprint density at radius 3 is 2.20 bits per heavy atom. The van der Waals surface area contributed by atoms with Crippen LogP contribution < -0.4 is 4.90 Å². The van der Waals surface area contributed by atoms with Crippen molar-refractivity contribution in [1.82, 2.24) is 9.21 Å². The fourth-order valence-electron chi connectivity index (χ4n) is 3.89. The fourth-order valence-corrected chi connectivity index (χ4v) is 5.44. The van der Waals surface area contributed by atoms with E-state index in [4.69, 9.17) is 11.6 Å². The zero-order valence-corrected chi connectivity index (χ0v) is 17.8. The van der Waals surface area contributed by atoms with Gasteiger partial charge in [0.1, 0.15) is 0 Å². The van der Waals surface area contributed by atoms with Gasteiger partial charge >= 0.3 is 0 Å². The molecule has 158 valence electrons. The van der Waals surface area contributed by atoms with Crippen LogP contribution in [0.15, 0.2) is 59.5 Å². The highest BCUT2D eigenvalue weighted by atomic mass is 35.5. The highest BCUT2D eigenvalue weighted by molar-refractivity contribution is 7.89. The lowest BCUT2D eigenvalue weighted by Crippen LogP contribution is -2.52. The van der Waals surface area contributed by atoms with Crippen molar-refractivity contribution in [1.29, 1.82) is 0 Å². The summed E-state index contributed by atoms with van der Waals surface area (Å²) in [5, 5.41) is 0.472. The number of nitrogens with zero attached hydrogens (tertiary/aromatic N) is 3. The van der Waals surface area contributed by atoms with Gasteiger partial charge in [0, 0.05) is 49.9 Å². The van der Waals surface area contributed by atoms with Gasteiger partial charge in [-0.3, -0.25) is 9.59 Å². The van der Waals surface area contributed by atoms with Crippen molar-refractivity contribution in [2.24, 2.45) is 5.92 Å². The number of carbonyl (C=O) groups is 2. The number of anilines is 1. The molecule has 1 atom stereocenters. The van der Waals surface area contributed by atoms with Crippen LogP contribution in [0.1, 0.15) is 6.42 Å². The van der Waals surface area contributed by atoms with Gasteiger partial charge < -0.3 is 9.80 Å². The number of piperazine rings is 1. The highest BCUT2D eigenvalue weighted by Crippen LogP contribution is 2.27. The predicted octanol–water partition coefficient (Wildman–Crippen LogP) is 2.23. The topological polar surface area (TPSA) is 78.0 Å². The van der Waals surface area contributed by atoms with Crippen molar-refractivity contribution in [3.8, 4) is 0 Å². The Labute approximate surface area is 180 Å². The van der Waals surface area contributed by atoms with Crippen LogP contribution in [-0.2, 0) is 19.6 Å². The number of hydrogen-bond donors (Lipinski definition) is 0. The van der Waals surface area contributed by atoms with Gasteiger partial charge in [-0.1, -0.05) is 29.8 Å². The monoisotopic (exact) mass is 447 g/mol. The lowest BCUT2D eigenvalue weighted by Gasteiger charge is -2.35. The van der Waals surface area contributed by atoms with Gasteiger partial charge in [0.05, 0.1) is 10.8 Å². The van der Waals surface area contributed by atoms with Crippen molar-refractivity contribution in [3.63, 3.8) is 0 Å². The summed E-state index contributed by atoms with van der Waals surface area (Å²) in [6.07, 6.45) is 0.178. The number of carbonyl (C=O) groups excluding carboxylic acids is 2. The van der Waals surface area contributed by atoms with Gasteiger partial charge in [-0.2, -0.15) is 4.31 Å². The summed E-state index contributed by atoms with van der Waals surface area (Å²) in [5.74, 6) is -0.564. The van der Waals surface area contributed by atoms with Crippen LogP contribution in [0.25, 0.3) is 0 Å². The second-order valence-electron chi connectivity index (χ2n) is 7.42. The minimum atomic E-state index is -3.63. The molecular formula is C21H22ClN3O4S. The Balaban J connectivity index is 1.38. The standard InChI is InChI=1S/C21H22ClN3O4S/c22-17-6-8-19(9-7-17)30(28,29)24-12-10-23(11-13-24)21(27)16-14-20(26)25(15-16)18-4-2-1-3-5-18/h1-9,16H,10-15H2. The zero-order valence-electron chi connectivity index (χ0n) is 16.3. The summed E-state index contributed by atoms with van der Waals surface area (Å²) in [4.78, 5) is 28.8. The first-order chi connectivity index (χ1) is 14.4. The smallest absolute Gasteiger partial charge is 0.243 e. The molecule has 0 aliphatic carbocycles. The van der Waals surface area contributed by atoms with Crippen molar-refractivity contribution >= 4 is 39.1 Å². The maximum atomic E-state index is 13.0. The van der Waals surface area contributed by atoms with E-state index in [2.05, 4.69) is 0 Å². The first kappa shape index (κ1) is 20.8. The molecule has 1 unspecified atom stereocenters. The molecule has 4 rings (SSSR count). The first-order valence-electron chi connectivity index (χ1n) is 9.76. The molecule has 2 aromatic carbocycles. The maximum Gasteiger partial charge on any atom is 0.243 e. The van der Waals surface area contributed by atoms with Crippen molar-refractivity contribution < 1.29 is 18.0 Å². The number of amides is 2. The molecule has 0 radical (unpaired) electrons. The molecule has 0 aromatic heterocycles. The van der Waals surface area contributed by atoms with E-state index in [1.54, 1.807) is 21.9 Å². The summed E-state index contributed by atoms with van der Waals surface area (Å²) in [6.45, 7) is 1.41. The normalized spacial score (nSPS) is 20.6. The second-order valence-corrected chi connectivity index (χ2v) is 9.80. The van der Waals surface area contributed by atoms with E-state index in [1.807, 2.05) is 30.3 Å². The van der Waals surface area contributed by atoms with Crippen LogP contribution in [-0.4, -0.2) is 62.2 Å². The van der Waals surface area contributed by atoms with E-state index in [-0.39, 0.29) is 36.2 Å². The van der Waals surface area contributed by atoms with Crippen LogP contribution in [0.3, 0.4) is 0 Å². The van der Waals surface area contributed by atoms with Crippen LogP contribution >= 0.6 is 11.6 Å². The second kappa shape index (κ2) is 8.37. The molecule has 30 heavy (non-hydrogen) atoms. The Hall–Kier alpha value is -2.42. The van der Waals surface area contributed by atoms with Crippen molar-refractivity contribution in [2.45, 2.75) is 11.3 Å². The number of hydrogen-bond acceptors (Lipinski definition) is 4. The van der Waals surface area contributed by atoms with Crippen LogP contribution in [0.2, 0.25) is 5.02 Å². The number of benzene rings is 2. The van der Waals surface area contributed by atoms with E-state index in [1.165, 1.54) is 16.4 Å². The van der Waals surface area contributed by atoms with Gasteiger partial charge in [-0.25, -0.2) is 8.42 Å². The number of halogens is 1. The lowest BCUT2D eigenvalue weighted by molar-refractivity contribution is -0.136. The summed E-state index contributed by atoms with van der Waals surface area (Å²) in [7, 11) is -3.63. The summed E-state index contributed by atoms with van der Waals surface area (Å²) in [5.41, 5.74) is 0.789. The molecule has 2 aromatic rings. The van der Waals surface area contributed by atoms with Crippen LogP contribution in [0.5, 0.6) is 0 Å². The Morgan fingerprint density at radius 2 is 1.57 bits per heavy atom. The summed E-state index contributed by atoms with van der Waals surface area (Å²) < 4.78 is 27.0. The fraction of sp³-hybridized carbons (Fsp3) is 0.333. The average Bonchev–Trinajstić information content (AvgIpc) is 3.16. The van der Waals surface area contributed by atoms with Gasteiger partial charge in [0.15, 0.2) is 0 Å². The molecule has 2 amide bonds. The van der Waals surface area contributed by atoms with Gasteiger partial charge in [0.2, 0.25) is 21.8 Å². The van der Waals surface area contributed by atoms with E-state index in [9.17, 15) is 18.0 Å². The summed E-state index contributed by atoms with van der Waals surface area (Å²) >= 11 is 5.84. The maximum absolute atomic E-state index is 13.0. The van der Waals surface area contributed by atoms with Gasteiger partial charge in [-0.15, -0.1) is 0 Å². The zero-order chi connectivity index (χ0) is 21.3. The predicted molar refractivity (Wildman–Crippen MR) is 114 cm³/mol. The Morgan fingerprint density at radius 1 is 0.933 bits per heavy atom. The quantitative estimate of drug-likeness (QED) is 0.720. The molecule has 2 aliphatic heterocycles. The van der Waals surface area contributed by atoms with E-state index in [0.29, 0.717) is 24.7 Å². The highest BCUT2D eigenvalue weighted by Gasteiger charge is 2.39. The van der Waals surface area contributed by atoms with Crippen molar-refractivity contribution in [2.75, 3.05) is 37.6 Å². The number of sulfonamides is 1. The summed E-state index contributed by atoms with van der Waals surface area (Å²) in [6, 6.07) is 15.4. The largest absolute Gasteiger partial charge is 0.340 e. The first-order valence-corrected chi connectivity index (χ1v) is 11.6. The molecule has 0 saturated carbocycles. The van der Waals surface area contributed by atoms with Crippen molar-refractivity contribution in [3.05, 3.63) is 59.6 Å². The minimum absolute atomic E-state index is 0.0662. The lowest BCUT2D eigenvalue weighted by atomic mass is 10.1. The van der Waals surface area contributed by atoms with Crippen LogP contribution in [0, 0.1) is 5.92 Å². The minimum Gasteiger partial charge on any atom is -0.340 e. The molecule has 0 bridgehead atoms. The molecule has 2 aliphatic rings. The molecule has 9 heteroatoms. The molecular weight excluding hydrogens is 426 g/mol. The van der Waals surface area contributed by atoms with E-state index in [0.717, 1.165) is 5.69 Å². The number of rotatable bonds is 4. The SMILES string of the molecule is O=C(C1CC(=O)N(c2ccccc2)C1)N1CCN(S(=O)(=O)c2ccc(Cl)cc2)CC1. The van der Waals surface area contributed by atoms with E-state index >= 15 is 0 Å². The number of para-hydroxylation sites is 1. The third-order valence-corrected chi connectivity index (χ3v) is 7.71. The molecule has 0 N–H and O–H groups in total. The Bertz CT molecular complexity index is 1040. The molecule has 2 saturated heterocycles. The molecule has 2 fully saturated rings. The third kappa shape index (κ3) is 4.08. The van der Waals surface area contributed by atoms with Gasteiger partial charge in [-0.05, 0) is 36.4 Å². The molecule has 2 heterocycles. The average molecular weight is 448 g/mol. The van der Waals surface area contributed by atoms with Crippen LogP contribution in [0.4, 0.5) is 5.69 Å². The van der Waals surface area contributed by atoms with E-state index < -0.39 is 15.9 Å². The molecule has 7 nitrogen and oxygen atoms in total.